The third-order valence-corrected chi connectivity index (χ3v) is 6.09. The lowest BCUT2D eigenvalue weighted by molar-refractivity contribution is -0.272. The van der Waals surface area contributed by atoms with Crippen LogP contribution in [0.5, 0.6) is 0 Å². The fourth-order valence-corrected chi connectivity index (χ4v) is 3.84. The van der Waals surface area contributed by atoms with Crippen LogP contribution in [0.15, 0.2) is 52.3 Å². The van der Waals surface area contributed by atoms with Crippen molar-refractivity contribution < 1.29 is 20.3 Å². The second-order valence-electron chi connectivity index (χ2n) is 7.82. The van der Waals surface area contributed by atoms with Crippen LogP contribution in [0.2, 0.25) is 0 Å². The normalized spacial score (nSPS) is 12.3. The first kappa shape index (κ1) is 27.9. The molecule has 6 N–H and O–H groups in total. The number of thioether (sulfide) groups is 1. The molecule has 11 heteroatoms. The number of quaternary nitrogens is 1. The van der Waals surface area contributed by atoms with Gasteiger partial charge in [-0.05, 0) is 66.0 Å². The lowest BCUT2D eigenvalue weighted by Crippen LogP contribution is -2.37. The summed E-state index contributed by atoms with van der Waals surface area (Å²) >= 11 is 1.13. The highest BCUT2D eigenvalue weighted by Crippen LogP contribution is 2.34. The minimum absolute atomic E-state index is 0.0901. The number of carbonyl (C=O) groups is 1. The van der Waals surface area contributed by atoms with Crippen molar-refractivity contribution in [3.8, 4) is 11.1 Å². The first-order chi connectivity index (χ1) is 16.5. The predicted octanol–water partition coefficient (Wildman–Crippen LogP) is 3.91. The number of carboxylic acid groups (broad SMARTS) is 1. The lowest BCUT2D eigenvalue weighted by Gasteiger charge is -2.20. The summed E-state index contributed by atoms with van der Waals surface area (Å²) in [6, 6.07) is 9.07. The zero-order valence-corrected chi connectivity index (χ0v) is 21.4. The van der Waals surface area contributed by atoms with E-state index in [1.54, 1.807) is 12.1 Å². The molecule has 35 heavy (non-hydrogen) atoms. The maximum Gasteiger partial charge on any atom is 0.313 e. The minimum Gasteiger partial charge on any atom is -0.481 e. The molecule has 0 spiro atoms. The Hall–Kier alpha value is -3.38. The fraction of sp³-hybridized carbons (Fsp3) is 0.292. The molecule has 2 rings (SSSR count). The average Bonchev–Trinajstić information content (AvgIpc) is 2.81. The molecule has 0 amide bonds. The van der Waals surface area contributed by atoms with Gasteiger partial charge in [-0.2, -0.15) is 15.5 Å². The van der Waals surface area contributed by atoms with Crippen molar-refractivity contribution in [1.29, 1.82) is 0 Å². The Kier molecular flexibility index (Phi) is 9.84. The Balaban J connectivity index is 2.60. The summed E-state index contributed by atoms with van der Waals surface area (Å²) in [5.74, 6) is 0.356. The van der Waals surface area contributed by atoms with Crippen LogP contribution >= 0.6 is 11.8 Å². The number of carboxylic acids is 1. The highest BCUT2D eigenvalue weighted by molar-refractivity contribution is 7.99. The van der Waals surface area contributed by atoms with E-state index in [0.717, 1.165) is 45.5 Å². The van der Waals surface area contributed by atoms with Gasteiger partial charge in [-0.25, -0.2) is 0 Å². The van der Waals surface area contributed by atoms with Crippen LogP contribution in [0.4, 0.5) is 11.4 Å². The summed E-state index contributed by atoms with van der Waals surface area (Å²) in [4.78, 5) is 13.8. The maximum absolute atomic E-state index is 10.8. The van der Waals surface area contributed by atoms with E-state index in [4.69, 9.17) is 5.11 Å². The Morgan fingerprint density at radius 1 is 1.20 bits per heavy atom. The number of hydrogen-bond acceptors (Lipinski definition) is 8. The van der Waals surface area contributed by atoms with Gasteiger partial charge in [0.05, 0.1) is 17.5 Å². The Bertz CT molecular complexity index is 1140. The molecule has 0 aliphatic rings. The Labute approximate surface area is 209 Å². The molecule has 0 atom stereocenters. The molecule has 0 fully saturated rings. The summed E-state index contributed by atoms with van der Waals surface area (Å²) in [7, 11) is 3.07. The van der Waals surface area contributed by atoms with E-state index in [-0.39, 0.29) is 17.3 Å². The number of hydrogen-bond donors (Lipinski definition) is 6. The Morgan fingerprint density at radius 3 is 2.49 bits per heavy atom. The van der Waals surface area contributed by atoms with Crippen molar-refractivity contribution >= 4 is 41.7 Å². The van der Waals surface area contributed by atoms with Gasteiger partial charge < -0.3 is 15.7 Å². The van der Waals surface area contributed by atoms with Crippen LogP contribution in [0.1, 0.15) is 23.6 Å². The van der Waals surface area contributed by atoms with Crippen molar-refractivity contribution in [2.45, 2.75) is 20.8 Å². The highest BCUT2D eigenvalue weighted by Gasteiger charge is 2.23. The summed E-state index contributed by atoms with van der Waals surface area (Å²) in [5, 5.41) is 39.6. The molecule has 0 unspecified atom stereocenters. The van der Waals surface area contributed by atoms with E-state index in [9.17, 15) is 15.2 Å². The third-order valence-electron chi connectivity index (χ3n) is 5.33. The van der Waals surface area contributed by atoms with Crippen molar-refractivity contribution in [2.75, 3.05) is 31.0 Å². The predicted molar refractivity (Wildman–Crippen MR) is 143 cm³/mol. The van der Waals surface area contributed by atoms with Crippen molar-refractivity contribution in [2.24, 2.45) is 10.1 Å². The van der Waals surface area contributed by atoms with Gasteiger partial charge in [-0.1, -0.05) is 6.07 Å². The molecule has 0 heterocycles. The molecule has 0 saturated heterocycles. The van der Waals surface area contributed by atoms with Crippen LogP contribution < -0.4 is 20.9 Å². The van der Waals surface area contributed by atoms with E-state index in [0.29, 0.717) is 11.4 Å². The number of benzene rings is 2. The second-order valence-corrected chi connectivity index (χ2v) is 8.77. The van der Waals surface area contributed by atoms with Crippen LogP contribution in [-0.4, -0.2) is 59.8 Å². The van der Waals surface area contributed by atoms with Gasteiger partial charge >= 0.3 is 5.97 Å². The van der Waals surface area contributed by atoms with Crippen molar-refractivity contribution in [1.82, 2.24) is 15.6 Å². The van der Waals surface area contributed by atoms with Gasteiger partial charge in [-0.15, -0.1) is 11.8 Å². The van der Waals surface area contributed by atoms with Gasteiger partial charge in [0.2, 0.25) is 0 Å². The van der Waals surface area contributed by atoms with Crippen LogP contribution in [0.25, 0.3) is 11.1 Å². The first-order valence-electron chi connectivity index (χ1n) is 10.8. The van der Waals surface area contributed by atoms with E-state index in [1.165, 1.54) is 7.05 Å². The number of rotatable bonds is 11. The molecule has 0 aromatic heterocycles. The van der Waals surface area contributed by atoms with E-state index in [1.807, 2.05) is 52.1 Å². The number of aliphatic imine (C=N–C) groups is 1. The van der Waals surface area contributed by atoms with Gasteiger partial charge in [-0.3, -0.25) is 15.2 Å². The molecule has 188 valence electrons. The number of nitrogens with zero attached hydrogens (tertiary/aromatic N) is 3. The second kappa shape index (κ2) is 12.4. The van der Waals surface area contributed by atoms with Crippen molar-refractivity contribution in [3.63, 3.8) is 0 Å². The number of nitrogens with one attached hydrogen (secondary N) is 3. The third kappa shape index (κ3) is 7.55. The molecule has 2 aromatic rings. The van der Waals surface area contributed by atoms with Gasteiger partial charge in [0.25, 0.3) is 0 Å². The zero-order valence-electron chi connectivity index (χ0n) is 20.6. The fourth-order valence-electron chi connectivity index (χ4n) is 3.35. The quantitative estimate of drug-likeness (QED) is 0.0896. The topological polar surface area (TPSA) is 139 Å². The van der Waals surface area contributed by atoms with Crippen LogP contribution in [0.3, 0.4) is 0 Å². The molecule has 0 radical (unpaired) electrons. The number of amidine groups is 1. The molecule has 0 saturated carbocycles. The molecule has 0 aliphatic carbocycles. The molecule has 2 aromatic carbocycles. The smallest absolute Gasteiger partial charge is 0.313 e. The lowest BCUT2D eigenvalue weighted by atomic mass is 9.94. The van der Waals surface area contributed by atoms with E-state index < -0.39 is 10.8 Å². The summed E-state index contributed by atoms with van der Waals surface area (Å²) in [6.07, 6.45) is 1.94. The monoisotopic (exact) mass is 501 g/mol. The zero-order chi connectivity index (χ0) is 26.2. The first-order valence-corrected chi connectivity index (χ1v) is 11.9. The number of hydroxylamine groups is 2. The minimum atomic E-state index is -1.38. The average molecular weight is 502 g/mol. The highest BCUT2D eigenvalue weighted by atomic mass is 32.2. The van der Waals surface area contributed by atoms with Crippen LogP contribution in [-0.2, 0) is 4.79 Å². The Morgan fingerprint density at radius 2 is 1.91 bits per heavy atom. The molecule has 10 nitrogen and oxygen atoms in total. The van der Waals surface area contributed by atoms with E-state index in [2.05, 4.69) is 32.9 Å². The van der Waals surface area contributed by atoms with Crippen molar-refractivity contribution in [3.05, 3.63) is 58.9 Å². The summed E-state index contributed by atoms with van der Waals surface area (Å²) < 4.78 is 0. The molecule has 0 bridgehead atoms. The van der Waals surface area contributed by atoms with Gasteiger partial charge in [0, 0.05) is 37.1 Å². The van der Waals surface area contributed by atoms with E-state index >= 15 is 0 Å². The number of hydrazone groups is 1. The summed E-state index contributed by atoms with van der Waals surface area (Å²) in [5.41, 5.74) is 8.13. The van der Waals surface area contributed by atoms with Gasteiger partial charge in [0.1, 0.15) is 12.9 Å². The standard InChI is InChI=1S/C24H32N6O4S/c1-7-22(25-4)28-21-9-8-20(15(2)16(21)3)17-10-18(12-19(11-17)30(6,33)34)24(29-26-5)27-14-35-13-23(31)32/h7-12,25,28,33-34H,5,13-14H2,1-4,6H3,(H-,27,29,31,32)/p+1/b22-7-. The largest absolute Gasteiger partial charge is 0.481 e. The number of anilines is 1. The SMILES string of the molecule is C=NN/C(=N\CSCC(=O)O)c1cc(-c2ccc(N/C(=C\C)NC)c(C)c2C)cc([N+](C)(O)O)c1. The maximum atomic E-state index is 10.8. The van der Waals surface area contributed by atoms with Gasteiger partial charge in [0.15, 0.2) is 5.69 Å². The van der Waals surface area contributed by atoms with Crippen LogP contribution in [0, 0.1) is 13.8 Å². The number of aliphatic carboxylic acids is 1. The molecular formula is C24H33N6O4S+. The molecular weight excluding hydrogens is 468 g/mol. The molecule has 0 aliphatic heterocycles. The summed E-state index contributed by atoms with van der Waals surface area (Å²) in [6.45, 7) is 9.40. The number of allylic oxidation sites excluding steroid dienone is 1.